The number of hydrogen-bond acceptors (Lipinski definition) is 1. The zero-order valence-corrected chi connectivity index (χ0v) is 12.5. The number of amides is 1. The molecule has 0 spiro atoms. The molecule has 0 unspecified atom stereocenters. The van der Waals surface area contributed by atoms with E-state index in [9.17, 15) is 4.79 Å². The van der Waals surface area contributed by atoms with Gasteiger partial charge in [-0.1, -0.05) is 51.8 Å². The number of nitrogens with one attached hydrogen (secondary N) is 1. The standard InChI is InChI=1S/C15H13BrClNO/c16-13-7-6-11(14(17)10-13)8-9-18-15(19)12-4-2-1-3-5-12/h1-7,10H,8-9H2,(H,18,19). The van der Waals surface area contributed by atoms with Gasteiger partial charge < -0.3 is 5.32 Å². The second-order valence-electron chi connectivity index (χ2n) is 4.11. The largest absolute Gasteiger partial charge is 0.352 e. The zero-order valence-electron chi connectivity index (χ0n) is 10.2. The number of carbonyl (C=O) groups excluding carboxylic acids is 1. The summed E-state index contributed by atoms with van der Waals surface area (Å²) in [4.78, 5) is 11.8. The first-order valence-electron chi connectivity index (χ1n) is 5.94. The fourth-order valence-corrected chi connectivity index (χ4v) is 2.49. The lowest BCUT2D eigenvalue weighted by molar-refractivity contribution is 0.0954. The van der Waals surface area contributed by atoms with Crippen LogP contribution in [0.25, 0.3) is 0 Å². The van der Waals surface area contributed by atoms with Crippen molar-refractivity contribution in [2.45, 2.75) is 6.42 Å². The van der Waals surface area contributed by atoms with Gasteiger partial charge in [0.1, 0.15) is 0 Å². The summed E-state index contributed by atoms with van der Waals surface area (Å²) in [6, 6.07) is 14.9. The van der Waals surface area contributed by atoms with Crippen molar-refractivity contribution in [1.82, 2.24) is 5.32 Å². The van der Waals surface area contributed by atoms with E-state index in [-0.39, 0.29) is 5.91 Å². The van der Waals surface area contributed by atoms with Crippen LogP contribution in [0.3, 0.4) is 0 Å². The van der Waals surface area contributed by atoms with Gasteiger partial charge in [0, 0.05) is 21.6 Å². The van der Waals surface area contributed by atoms with Gasteiger partial charge in [-0.15, -0.1) is 0 Å². The molecule has 0 fully saturated rings. The molecule has 0 radical (unpaired) electrons. The summed E-state index contributed by atoms with van der Waals surface area (Å²) in [7, 11) is 0. The van der Waals surface area contributed by atoms with E-state index in [0.29, 0.717) is 23.6 Å². The van der Waals surface area contributed by atoms with Crippen molar-refractivity contribution in [3.63, 3.8) is 0 Å². The first kappa shape index (κ1) is 14.1. The molecule has 0 aliphatic heterocycles. The van der Waals surface area contributed by atoms with E-state index >= 15 is 0 Å². The zero-order chi connectivity index (χ0) is 13.7. The Bertz CT molecular complexity index is 572. The van der Waals surface area contributed by atoms with E-state index in [1.807, 2.05) is 36.4 Å². The molecule has 0 aliphatic rings. The lowest BCUT2D eigenvalue weighted by Crippen LogP contribution is -2.25. The number of carbonyl (C=O) groups is 1. The second kappa shape index (κ2) is 6.73. The minimum Gasteiger partial charge on any atom is -0.352 e. The summed E-state index contributed by atoms with van der Waals surface area (Å²) in [5.41, 5.74) is 1.70. The van der Waals surface area contributed by atoms with Gasteiger partial charge in [-0.25, -0.2) is 0 Å². The predicted molar refractivity (Wildman–Crippen MR) is 81.6 cm³/mol. The minimum absolute atomic E-state index is 0.0613. The molecule has 0 saturated heterocycles. The van der Waals surface area contributed by atoms with Gasteiger partial charge in [0.15, 0.2) is 0 Å². The molecular formula is C15H13BrClNO. The van der Waals surface area contributed by atoms with Crippen LogP contribution in [0.5, 0.6) is 0 Å². The minimum atomic E-state index is -0.0613. The van der Waals surface area contributed by atoms with Gasteiger partial charge in [-0.05, 0) is 36.2 Å². The quantitative estimate of drug-likeness (QED) is 0.894. The van der Waals surface area contributed by atoms with Crippen LogP contribution in [0, 0.1) is 0 Å². The van der Waals surface area contributed by atoms with Gasteiger partial charge in [-0.2, -0.15) is 0 Å². The van der Waals surface area contributed by atoms with Crippen LogP contribution < -0.4 is 5.32 Å². The third-order valence-electron chi connectivity index (χ3n) is 2.73. The van der Waals surface area contributed by atoms with Crippen molar-refractivity contribution in [1.29, 1.82) is 0 Å². The van der Waals surface area contributed by atoms with Crippen molar-refractivity contribution in [3.05, 3.63) is 69.2 Å². The molecule has 0 saturated carbocycles. The van der Waals surface area contributed by atoms with Crippen molar-refractivity contribution in [3.8, 4) is 0 Å². The monoisotopic (exact) mass is 337 g/mol. The van der Waals surface area contributed by atoms with Gasteiger partial charge in [-0.3, -0.25) is 4.79 Å². The Kier molecular flexibility index (Phi) is 5.00. The first-order valence-corrected chi connectivity index (χ1v) is 7.11. The Labute approximate surface area is 125 Å². The molecule has 2 rings (SSSR count). The molecular weight excluding hydrogens is 326 g/mol. The average molecular weight is 339 g/mol. The Morgan fingerprint density at radius 3 is 2.58 bits per heavy atom. The molecule has 0 atom stereocenters. The summed E-state index contributed by atoms with van der Waals surface area (Å²) < 4.78 is 0.953. The Morgan fingerprint density at radius 1 is 1.16 bits per heavy atom. The fraction of sp³-hybridized carbons (Fsp3) is 0.133. The highest BCUT2D eigenvalue weighted by atomic mass is 79.9. The number of benzene rings is 2. The molecule has 98 valence electrons. The van der Waals surface area contributed by atoms with E-state index in [0.717, 1.165) is 10.0 Å². The van der Waals surface area contributed by atoms with E-state index in [2.05, 4.69) is 21.2 Å². The maximum atomic E-state index is 11.8. The average Bonchev–Trinajstić information content (AvgIpc) is 2.42. The second-order valence-corrected chi connectivity index (χ2v) is 5.43. The summed E-state index contributed by atoms with van der Waals surface area (Å²) in [6.07, 6.45) is 0.713. The van der Waals surface area contributed by atoms with E-state index in [1.54, 1.807) is 12.1 Å². The highest BCUT2D eigenvalue weighted by molar-refractivity contribution is 9.10. The van der Waals surface area contributed by atoms with Crippen LogP contribution in [0.15, 0.2) is 53.0 Å². The van der Waals surface area contributed by atoms with E-state index < -0.39 is 0 Å². The summed E-state index contributed by atoms with van der Waals surface area (Å²) >= 11 is 9.48. The van der Waals surface area contributed by atoms with Gasteiger partial charge in [0.05, 0.1) is 0 Å². The summed E-state index contributed by atoms with van der Waals surface area (Å²) in [5, 5.41) is 3.59. The van der Waals surface area contributed by atoms with Gasteiger partial charge >= 0.3 is 0 Å². The van der Waals surface area contributed by atoms with Crippen molar-refractivity contribution >= 4 is 33.4 Å². The van der Waals surface area contributed by atoms with Crippen LogP contribution in [0.4, 0.5) is 0 Å². The Morgan fingerprint density at radius 2 is 1.89 bits per heavy atom. The van der Waals surface area contributed by atoms with Crippen molar-refractivity contribution in [2.75, 3.05) is 6.54 Å². The molecule has 2 aromatic carbocycles. The highest BCUT2D eigenvalue weighted by Crippen LogP contribution is 2.21. The molecule has 4 heteroatoms. The van der Waals surface area contributed by atoms with Crippen LogP contribution in [0.1, 0.15) is 15.9 Å². The molecule has 1 N–H and O–H groups in total. The number of hydrogen-bond donors (Lipinski definition) is 1. The molecule has 0 aliphatic carbocycles. The number of halogens is 2. The highest BCUT2D eigenvalue weighted by Gasteiger charge is 2.05. The van der Waals surface area contributed by atoms with Crippen LogP contribution >= 0.6 is 27.5 Å². The third kappa shape index (κ3) is 4.08. The van der Waals surface area contributed by atoms with Gasteiger partial charge in [0.25, 0.3) is 5.91 Å². The van der Waals surface area contributed by atoms with Gasteiger partial charge in [0.2, 0.25) is 0 Å². The molecule has 1 amide bonds. The predicted octanol–water partition coefficient (Wildman–Crippen LogP) is 4.08. The summed E-state index contributed by atoms with van der Waals surface area (Å²) in [6.45, 7) is 0.565. The molecule has 0 heterocycles. The fourth-order valence-electron chi connectivity index (χ4n) is 1.73. The van der Waals surface area contributed by atoms with Crippen LogP contribution in [-0.4, -0.2) is 12.5 Å². The lowest BCUT2D eigenvalue weighted by atomic mass is 10.1. The van der Waals surface area contributed by atoms with Crippen molar-refractivity contribution in [2.24, 2.45) is 0 Å². The molecule has 2 aromatic rings. The van der Waals surface area contributed by atoms with Crippen molar-refractivity contribution < 1.29 is 4.79 Å². The summed E-state index contributed by atoms with van der Waals surface area (Å²) in [5.74, 6) is -0.0613. The van der Waals surface area contributed by atoms with Crippen LogP contribution in [0.2, 0.25) is 5.02 Å². The molecule has 2 nitrogen and oxygen atoms in total. The number of rotatable bonds is 4. The van der Waals surface area contributed by atoms with E-state index in [4.69, 9.17) is 11.6 Å². The van der Waals surface area contributed by atoms with Crippen LogP contribution in [-0.2, 0) is 6.42 Å². The molecule has 0 aromatic heterocycles. The maximum Gasteiger partial charge on any atom is 0.251 e. The lowest BCUT2D eigenvalue weighted by Gasteiger charge is -2.07. The third-order valence-corrected chi connectivity index (χ3v) is 3.58. The first-order chi connectivity index (χ1) is 9.16. The SMILES string of the molecule is O=C(NCCc1ccc(Br)cc1Cl)c1ccccc1. The smallest absolute Gasteiger partial charge is 0.251 e. The normalized spacial score (nSPS) is 10.2. The maximum absolute atomic E-state index is 11.8. The molecule has 0 bridgehead atoms. The van der Waals surface area contributed by atoms with E-state index in [1.165, 1.54) is 0 Å². The topological polar surface area (TPSA) is 29.1 Å². The Balaban J connectivity index is 1.88. The Hall–Kier alpha value is -1.32. The molecule has 19 heavy (non-hydrogen) atoms.